The smallest absolute Gasteiger partial charge is 0.352 e. The van der Waals surface area contributed by atoms with E-state index >= 15 is 0 Å². The number of benzene rings is 1. The zero-order valence-corrected chi connectivity index (χ0v) is 11.9. The predicted molar refractivity (Wildman–Crippen MR) is 78.4 cm³/mol. The van der Waals surface area contributed by atoms with Crippen LogP contribution in [0.5, 0.6) is 0 Å². The summed E-state index contributed by atoms with van der Waals surface area (Å²) in [6.45, 7) is 4.24. The van der Waals surface area contributed by atoms with E-state index in [-0.39, 0.29) is 0 Å². The lowest BCUT2D eigenvalue weighted by Gasteiger charge is -2.11. The number of aryl methyl sites for hydroxylation is 3. The van der Waals surface area contributed by atoms with Gasteiger partial charge in [-0.2, -0.15) is 0 Å². The molecule has 1 aliphatic carbocycles. The highest BCUT2D eigenvalue weighted by Gasteiger charge is 2.26. The Labute approximate surface area is 118 Å². The van der Waals surface area contributed by atoms with Gasteiger partial charge in [0.05, 0.1) is 0 Å². The highest BCUT2D eigenvalue weighted by atomic mass is 16.4. The highest BCUT2D eigenvalue weighted by molar-refractivity contribution is 5.86. The summed E-state index contributed by atoms with van der Waals surface area (Å²) in [7, 11) is 0. The summed E-state index contributed by atoms with van der Waals surface area (Å²) >= 11 is 0. The number of hydrogen-bond donors (Lipinski definition) is 2. The first-order chi connectivity index (χ1) is 9.52. The molecule has 0 fully saturated rings. The molecule has 2 N–H and O–H groups in total. The standard InChI is InChI=1S/C17H19NO2/c1-10-5-11(2)7-12(6-10)8-13-3-4-15-14(13)9-16(18-15)17(19)20/h5-7,9,13,18H,3-4,8H2,1-2H3,(H,19,20). The number of carbonyl (C=O) groups is 1. The maximum Gasteiger partial charge on any atom is 0.352 e. The minimum absolute atomic E-state index is 0.320. The Bertz CT molecular complexity index is 649. The van der Waals surface area contributed by atoms with Crippen LogP contribution in [0.4, 0.5) is 0 Å². The van der Waals surface area contributed by atoms with Crippen LogP contribution in [-0.2, 0) is 12.8 Å². The van der Waals surface area contributed by atoms with Gasteiger partial charge >= 0.3 is 5.97 Å². The molecule has 0 saturated carbocycles. The first kappa shape index (κ1) is 13.0. The molecular weight excluding hydrogens is 250 g/mol. The zero-order valence-electron chi connectivity index (χ0n) is 11.9. The SMILES string of the molecule is Cc1cc(C)cc(CC2CCc3[nH]c(C(=O)O)cc32)c1. The first-order valence-electron chi connectivity index (χ1n) is 7.05. The Morgan fingerprint density at radius 2 is 1.95 bits per heavy atom. The van der Waals surface area contributed by atoms with Crippen molar-refractivity contribution in [3.63, 3.8) is 0 Å². The lowest BCUT2D eigenvalue weighted by Crippen LogP contribution is -2.00. The molecule has 0 spiro atoms. The van der Waals surface area contributed by atoms with Gasteiger partial charge in [0.1, 0.15) is 5.69 Å². The maximum atomic E-state index is 11.0. The average molecular weight is 269 g/mol. The van der Waals surface area contributed by atoms with E-state index in [9.17, 15) is 4.79 Å². The van der Waals surface area contributed by atoms with Crippen molar-refractivity contribution in [1.82, 2.24) is 4.98 Å². The number of nitrogens with one attached hydrogen (secondary N) is 1. The van der Waals surface area contributed by atoms with Crippen LogP contribution >= 0.6 is 0 Å². The summed E-state index contributed by atoms with van der Waals surface area (Å²) in [6.07, 6.45) is 3.05. The van der Waals surface area contributed by atoms with Gasteiger partial charge in [0.15, 0.2) is 0 Å². The maximum absolute atomic E-state index is 11.0. The van der Waals surface area contributed by atoms with Crippen molar-refractivity contribution in [1.29, 1.82) is 0 Å². The Kier molecular flexibility index (Phi) is 3.13. The lowest BCUT2D eigenvalue weighted by molar-refractivity contribution is 0.0691. The van der Waals surface area contributed by atoms with Crippen LogP contribution in [0.25, 0.3) is 0 Å². The fraction of sp³-hybridized carbons (Fsp3) is 0.353. The summed E-state index contributed by atoms with van der Waals surface area (Å²) in [5.41, 5.74) is 6.55. The number of H-pyrrole nitrogens is 1. The molecule has 0 amide bonds. The molecule has 20 heavy (non-hydrogen) atoms. The molecule has 0 saturated heterocycles. The number of rotatable bonds is 3. The van der Waals surface area contributed by atoms with Gasteiger partial charge in [-0.1, -0.05) is 29.3 Å². The largest absolute Gasteiger partial charge is 0.477 e. The summed E-state index contributed by atoms with van der Waals surface area (Å²) in [5, 5.41) is 9.06. The van der Waals surface area contributed by atoms with Crippen LogP contribution in [-0.4, -0.2) is 16.1 Å². The number of aromatic carboxylic acids is 1. The molecule has 2 aromatic rings. The van der Waals surface area contributed by atoms with Crippen LogP contribution in [0.3, 0.4) is 0 Å². The molecule has 0 radical (unpaired) electrons. The lowest BCUT2D eigenvalue weighted by atomic mass is 9.93. The Hall–Kier alpha value is -2.03. The Balaban J connectivity index is 1.85. The molecular formula is C17H19NO2. The number of hydrogen-bond acceptors (Lipinski definition) is 1. The number of aromatic amines is 1. The van der Waals surface area contributed by atoms with E-state index in [0.717, 1.165) is 25.0 Å². The fourth-order valence-electron chi connectivity index (χ4n) is 3.36. The third kappa shape index (κ3) is 2.36. The van der Waals surface area contributed by atoms with Crippen molar-refractivity contribution >= 4 is 5.97 Å². The van der Waals surface area contributed by atoms with Crippen LogP contribution < -0.4 is 0 Å². The number of carboxylic acid groups (broad SMARTS) is 1. The molecule has 1 atom stereocenters. The molecule has 3 heteroatoms. The van der Waals surface area contributed by atoms with Crippen molar-refractivity contribution in [2.45, 2.75) is 39.0 Å². The molecule has 3 nitrogen and oxygen atoms in total. The van der Waals surface area contributed by atoms with Gasteiger partial charge in [-0.15, -0.1) is 0 Å². The fourth-order valence-corrected chi connectivity index (χ4v) is 3.36. The van der Waals surface area contributed by atoms with Gasteiger partial charge < -0.3 is 10.1 Å². The molecule has 1 heterocycles. The normalized spacial score (nSPS) is 17.2. The monoisotopic (exact) mass is 269 g/mol. The minimum atomic E-state index is -0.871. The molecule has 1 aromatic heterocycles. The Morgan fingerprint density at radius 1 is 1.25 bits per heavy atom. The van der Waals surface area contributed by atoms with Gasteiger partial charge in [-0.3, -0.25) is 0 Å². The second kappa shape index (κ2) is 4.82. The number of fused-ring (bicyclic) bond motifs is 1. The summed E-state index contributed by atoms with van der Waals surface area (Å²) < 4.78 is 0. The van der Waals surface area contributed by atoms with Crippen LogP contribution in [0.15, 0.2) is 24.3 Å². The summed E-state index contributed by atoms with van der Waals surface area (Å²) in [5.74, 6) is -0.430. The molecule has 0 aliphatic heterocycles. The summed E-state index contributed by atoms with van der Waals surface area (Å²) in [6, 6.07) is 8.46. The average Bonchev–Trinajstić information content (AvgIpc) is 2.90. The van der Waals surface area contributed by atoms with Crippen molar-refractivity contribution in [3.05, 3.63) is 57.9 Å². The Morgan fingerprint density at radius 3 is 2.60 bits per heavy atom. The summed E-state index contributed by atoms with van der Waals surface area (Å²) in [4.78, 5) is 14.1. The van der Waals surface area contributed by atoms with E-state index in [4.69, 9.17) is 5.11 Å². The van der Waals surface area contributed by atoms with E-state index < -0.39 is 5.97 Å². The van der Waals surface area contributed by atoms with Crippen molar-refractivity contribution in [2.75, 3.05) is 0 Å². The van der Waals surface area contributed by atoms with E-state index in [1.54, 1.807) is 0 Å². The third-order valence-corrected chi connectivity index (χ3v) is 4.11. The third-order valence-electron chi connectivity index (χ3n) is 4.11. The number of carboxylic acids is 1. The van der Waals surface area contributed by atoms with E-state index in [2.05, 4.69) is 37.0 Å². The van der Waals surface area contributed by atoms with Crippen LogP contribution in [0, 0.1) is 13.8 Å². The molecule has 3 rings (SSSR count). The molecule has 104 valence electrons. The molecule has 1 unspecified atom stereocenters. The van der Waals surface area contributed by atoms with Gasteiger partial charge in [0.25, 0.3) is 0 Å². The highest BCUT2D eigenvalue weighted by Crippen LogP contribution is 2.36. The van der Waals surface area contributed by atoms with E-state index in [0.29, 0.717) is 11.6 Å². The van der Waals surface area contributed by atoms with E-state index in [1.807, 2.05) is 6.07 Å². The van der Waals surface area contributed by atoms with Gasteiger partial charge in [0.2, 0.25) is 0 Å². The van der Waals surface area contributed by atoms with Crippen molar-refractivity contribution in [2.24, 2.45) is 0 Å². The minimum Gasteiger partial charge on any atom is -0.477 e. The second-order valence-electron chi connectivity index (χ2n) is 5.86. The van der Waals surface area contributed by atoms with Crippen molar-refractivity contribution in [3.8, 4) is 0 Å². The topological polar surface area (TPSA) is 53.1 Å². The molecule has 1 aliphatic rings. The van der Waals surface area contributed by atoms with Crippen LogP contribution in [0.2, 0.25) is 0 Å². The molecule has 1 aromatic carbocycles. The van der Waals surface area contributed by atoms with Crippen molar-refractivity contribution < 1.29 is 9.90 Å². The van der Waals surface area contributed by atoms with Gasteiger partial charge in [-0.25, -0.2) is 4.79 Å². The molecule has 0 bridgehead atoms. The second-order valence-corrected chi connectivity index (χ2v) is 5.86. The first-order valence-corrected chi connectivity index (χ1v) is 7.05. The van der Waals surface area contributed by atoms with Gasteiger partial charge in [0, 0.05) is 5.69 Å². The zero-order chi connectivity index (χ0) is 14.3. The number of aromatic nitrogens is 1. The quantitative estimate of drug-likeness (QED) is 0.894. The van der Waals surface area contributed by atoms with Gasteiger partial charge in [-0.05, 0) is 56.2 Å². The van der Waals surface area contributed by atoms with E-state index in [1.165, 1.54) is 22.3 Å². The van der Waals surface area contributed by atoms with Crippen LogP contribution in [0.1, 0.15) is 50.8 Å². The predicted octanol–water partition coefficient (Wildman–Crippen LogP) is 3.60.